The number of sulfone groups is 1. The largest absolute Gasteiger partial charge is 0.297 e. The minimum atomic E-state index is -3.48. The lowest BCUT2D eigenvalue weighted by molar-refractivity contribution is -0.117. The van der Waals surface area contributed by atoms with Crippen LogP contribution in [-0.4, -0.2) is 24.2 Å². The predicted molar refractivity (Wildman–Crippen MR) is 44.4 cm³/mol. The van der Waals surface area contributed by atoms with Gasteiger partial charge >= 0.3 is 0 Å². The van der Waals surface area contributed by atoms with E-state index >= 15 is 0 Å². The summed E-state index contributed by atoms with van der Waals surface area (Å²) in [6, 6.07) is 0. The molecular formula is C6H11ClO3S. The molecule has 0 saturated heterocycles. The van der Waals surface area contributed by atoms with Gasteiger partial charge in [-0.25, -0.2) is 8.42 Å². The topological polar surface area (TPSA) is 51.2 Å². The summed E-state index contributed by atoms with van der Waals surface area (Å²) in [5.41, 5.74) is 0. The van der Waals surface area contributed by atoms with Crippen LogP contribution in [-0.2, 0) is 14.6 Å². The number of Topliss-reactive ketones (excluding diaryl/α,β-unsaturated/α-hetero) is 1. The van der Waals surface area contributed by atoms with Crippen molar-refractivity contribution in [2.75, 3.05) is 5.75 Å². The number of carbonyl (C=O) groups is 1. The molecule has 0 N–H and O–H groups in total. The third kappa shape index (κ3) is 1.93. The van der Waals surface area contributed by atoms with Crippen LogP contribution >= 0.6 is 11.6 Å². The fourth-order valence-corrected chi connectivity index (χ4v) is 1.80. The molecule has 0 bridgehead atoms. The Hall–Kier alpha value is -0.0900. The van der Waals surface area contributed by atoms with E-state index in [2.05, 4.69) is 0 Å². The van der Waals surface area contributed by atoms with E-state index in [1.807, 2.05) is 0 Å². The van der Waals surface area contributed by atoms with Gasteiger partial charge < -0.3 is 0 Å². The van der Waals surface area contributed by atoms with Crippen LogP contribution < -0.4 is 0 Å². The number of hydrogen-bond acceptors (Lipinski definition) is 3. The van der Waals surface area contributed by atoms with Crippen molar-refractivity contribution in [2.24, 2.45) is 0 Å². The van der Waals surface area contributed by atoms with Crippen LogP contribution in [0.5, 0.6) is 0 Å². The van der Waals surface area contributed by atoms with E-state index in [9.17, 15) is 13.2 Å². The van der Waals surface area contributed by atoms with E-state index in [-0.39, 0.29) is 5.75 Å². The van der Waals surface area contributed by atoms with Gasteiger partial charge in [-0.05, 0) is 13.8 Å². The molecule has 0 aliphatic carbocycles. The van der Waals surface area contributed by atoms with E-state index < -0.39 is 19.8 Å². The maximum absolute atomic E-state index is 11.1. The number of alkyl halides is 1. The molecule has 0 fully saturated rings. The Labute approximate surface area is 71.7 Å². The van der Waals surface area contributed by atoms with Crippen LogP contribution in [0.1, 0.15) is 20.8 Å². The molecular weight excluding hydrogens is 188 g/mol. The van der Waals surface area contributed by atoms with E-state index in [1.165, 1.54) is 20.8 Å². The van der Waals surface area contributed by atoms with Crippen molar-refractivity contribution in [3.63, 3.8) is 0 Å². The van der Waals surface area contributed by atoms with Gasteiger partial charge in [0.25, 0.3) is 0 Å². The molecule has 0 aromatic carbocycles. The molecule has 0 spiro atoms. The zero-order valence-electron chi connectivity index (χ0n) is 6.72. The fourth-order valence-electron chi connectivity index (χ4n) is 0.490. The summed E-state index contributed by atoms with van der Waals surface area (Å²) in [5, 5.41) is 0. The maximum Gasteiger partial charge on any atom is 0.200 e. The molecule has 0 unspecified atom stereocenters. The Bertz CT molecular complexity index is 253. The first-order valence-electron chi connectivity index (χ1n) is 3.18. The molecule has 3 nitrogen and oxygen atoms in total. The standard InChI is InChI=1S/C6H11ClO3S/c1-4-11(9,10)6(3,7)5(2)8/h4H2,1-3H3/t6-/m0/s1. The van der Waals surface area contributed by atoms with Gasteiger partial charge in [0.1, 0.15) is 0 Å². The highest BCUT2D eigenvalue weighted by Gasteiger charge is 2.40. The van der Waals surface area contributed by atoms with Crippen molar-refractivity contribution >= 4 is 27.2 Å². The molecule has 66 valence electrons. The van der Waals surface area contributed by atoms with Gasteiger partial charge in [0.2, 0.25) is 0 Å². The van der Waals surface area contributed by atoms with Crippen molar-refractivity contribution in [1.29, 1.82) is 0 Å². The van der Waals surface area contributed by atoms with Crippen LogP contribution in [0.15, 0.2) is 0 Å². The van der Waals surface area contributed by atoms with Crippen LogP contribution in [0.25, 0.3) is 0 Å². The van der Waals surface area contributed by atoms with E-state index in [0.29, 0.717) is 0 Å². The zero-order chi connectivity index (χ0) is 9.28. The van der Waals surface area contributed by atoms with Crippen molar-refractivity contribution in [1.82, 2.24) is 0 Å². The summed E-state index contributed by atoms with van der Waals surface area (Å²) in [6.45, 7) is 3.83. The number of ketones is 1. The van der Waals surface area contributed by atoms with Gasteiger partial charge in [0.15, 0.2) is 19.8 Å². The SMILES string of the molecule is CCS(=O)(=O)[C@](C)(Cl)C(C)=O. The number of hydrogen-bond donors (Lipinski definition) is 0. The second-order valence-corrected chi connectivity index (χ2v) is 5.98. The van der Waals surface area contributed by atoms with Crippen LogP contribution in [0.4, 0.5) is 0 Å². The Morgan fingerprint density at radius 1 is 1.55 bits per heavy atom. The van der Waals surface area contributed by atoms with Crippen molar-refractivity contribution in [3.05, 3.63) is 0 Å². The normalized spacial score (nSPS) is 17.5. The summed E-state index contributed by atoms with van der Waals surface area (Å²) < 4.78 is 20.5. The quantitative estimate of drug-likeness (QED) is 0.635. The second-order valence-electron chi connectivity index (χ2n) is 2.38. The summed E-state index contributed by atoms with van der Waals surface area (Å²) in [7, 11) is -3.48. The monoisotopic (exact) mass is 198 g/mol. The van der Waals surface area contributed by atoms with Gasteiger partial charge in [0, 0.05) is 5.75 Å². The molecule has 0 rings (SSSR count). The maximum atomic E-state index is 11.1. The van der Waals surface area contributed by atoms with Crippen molar-refractivity contribution < 1.29 is 13.2 Å². The lowest BCUT2D eigenvalue weighted by Crippen LogP contribution is -2.37. The Balaban J connectivity index is 5.01. The van der Waals surface area contributed by atoms with Crippen LogP contribution in [0, 0.1) is 0 Å². The third-order valence-electron chi connectivity index (χ3n) is 1.59. The van der Waals surface area contributed by atoms with Crippen molar-refractivity contribution in [2.45, 2.75) is 25.0 Å². The predicted octanol–water partition coefficient (Wildman–Crippen LogP) is 0.965. The highest BCUT2D eigenvalue weighted by molar-refractivity contribution is 7.94. The molecule has 11 heavy (non-hydrogen) atoms. The van der Waals surface area contributed by atoms with Crippen molar-refractivity contribution in [3.8, 4) is 0 Å². The van der Waals surface area contributed by atoms with Crippen LogP contribution in [0.2, 0.25) is 0 Å². The molecule has 0 radical (unpaired) electrons. The lowest BCUT2D eigenvalue weighted by Gasteiger charge is -2.17. The highest BCUT2D eigenvalue weighted by Crippen LogP contribution is 2.23. The van der Waals surface area contributed by atoms with Gasteiger partial charge in [-0.3, -0.25) is 4.79 Å². The highest BCUT2D eigenvalue weighted by atomic mass is 35.5. The minimum Gasteiger partial charge on any atom is -0.297 e. The summed E-state index contributed by atoms with van der Waals surface area (Å²) in [4.78, 5) is 10.8. The molecule has 0 aromatic rings. The summed E-state index contributed by atoms with van der Waals surface area (Å²) in [5.74, 6) is -0.659. The Kier molecular flexibility index (Phi) is 3.08. The molecule has 0 aliphatic heterocycles. The third-order valence-corrected chi connectivity index (χ3v) is 4.78. The van der Waals surface area contributed by atoms with Crippen LogP contribution in [0.3, 0.4) is 0 Å². The fraction of sp³-hybridized carbons (Fsp3) is 0.833. The van der Waals surface area contributed by atoms with E-state index in [1.54, 1.807) is 0 Å². The number of carbonyl (C=O) groups excluding carboxylic acids is 1. The molecule has 0 aromatic heterocycles. The summed E-state index contributed by atoms with van der Waals surface area (Å²) in [6.07, 6.45) is 0. The number of halogens is 1. The van der Waals surface area contributed by atoms with Gasteiger partial charge in [-0.1, -0.05) is 18.5 Å². The van der Waals surface area contributed by atoms with E-state index in [0.717, 1.165) is 0 Å². The number of rotatable bonds is 3. The first-order valence-corrected chi connectivity index (χ1v) is 5.21. The molecule has 0 saturated carbocycles. The Morgan fingerprint density at radius 2 is 1.91 bits per heavy atom. The zero-order valence-corrected chi connectivity index (χ0v) is 8.29. The average molecular weight is 199 g/mol. The van der Waals surface area contributed by atoms with Gasteiger partial charge in [-0.2, -0.15) is 0 Å². The Morgan fingerprint density at radius 3 is 2.00 bits per heavy atom. The van der Waals surface area contributed by atoms with E-state index in [4.69, 9.17) is 11.6 Å². The molecule has 0 amide bonds. The molecule has 5 heteroatoms. The lowest BCUT2D eigenvalue weighted by atomic mass is 10.3. The smallest absolute Gasteiger partial charge is 0.200 e. The molecule has 0 aliphatic rings. The van der Waals surface area contributed by atoms with Gasteiger partial charge in [0.05, 0.1) is 0 Å². The summed E-state index contributed by atoms with van der Waals surface area (Å²) >= 11 is 5.53. The minimum absolute atomic E-state index is 0.118. The molecule has 0 heterocycles. The first-order chi connectivity index (χ1) is 4.75. The first kappa shape index (κ1) is 10.9. The molecule has 1 atom stereocenters. The van der Waals surface area contributed by atoms with Gasteiger partial charge in [-0.15, -0.1) is 0 Å². The second kappa shape index (κ2) is 3.11. The average Bonchev–Trinajstić information content (AvgIpc) is 1.87.